The summed E-state index contributed by atoms with van der Waals surface area (Å²) in [6.45, 7) is 13.0. The summed E-state index contributed by atoms with van der Waals surface area (Å²) in [6.07, 6.45) is 11.1. The van der Waals surface area contributed by atoms with Crippen molar-refractivity contribution in [1.82, 2.24) is 19.8 Å². The number of rotatable bonds is 9. The van der Waals surface area contributed by atoms with Gasteiger partial charge < -0.3 is 9.47 Å². The van der Waals surface area contributed by atoms with Crippen LogP contribution in [0.3, 0.4) is 0 Å². The van der Waals surface area contributed by atoms with Crippen LogP contribution in [-0.2, 0) is 12.8 Å². The molecule has 0 amide bonds. The van der Waals surface area contributed by atoms with E-state index in [1.165, 1.54) is 61.3 Å². The van der Waals surface area contributed by atoms with Crippen LogP contribution in [0, 0.1) is 27.7 Å². The molecule has 34 heavy (non-hydrogen) atoms. The van der Waals surface area contributed by atoms with E-state index in [0.717, 1.165) is 48.6 Å². The first-order valence-electron chi connectivity index (χ1n) is 12.9. The highest BCUT2D eigenvalue weighted by Crippen LogP contribution is 2.32. The maximum Gasteiger partial charge on any atom is 0.128 e. The molecule has 6 nitrogen and oxygen atoms in total. The van der Waals surface area contributed by atoms with Gasteiger partial charge in [-0.15, -0.1) is 0 Å². The minimum Gasteiger partial charge on any atom is -0.496 e. The summed E-state index contributed by atoms with van der Waals surface area (Å²) < 4.78 is 11.2. The van der Waals surface area contributed by atoms with Crippen molar-refractivity contribution < 1.29 is 9.47 Å². The quantitative estimate of drug-likeness (QED) is 0.545. The van der Waals surface area contributed by atoms with E-state index in [-0.39, 0.29) is 0 Å². The predicted octanol–water partition coefficient (Wildman–Crippen LogP) is 4.44. The number of hydrogen-bond donors (Lipinski definition) is 0. The number of nitrogens with zero attached hydrogens (tertiary/aromatic N) is 4. The molecular weight excluding hydrogens is 424 g/mol. The zero-order chi connectivity index (χ0) is 24.2. The zero-order valence-electron chi connectivity index (χ0n) is 22.0. The van der Waals surface area contributed by atoms with Crippen LogP contribution in [0.4, 0.5) is 0 Å². The summed E-state index contributed by atoms with van der Waals surface area (Å²) in [5, 5.41) is 0. The first kappa shape index (κ1) is 24.9. The van der Waals surface area contributed by atoms with Crippen LogP contribution < -0.4 is 9.47 Å². The van der Waals surface area contributed by atoms with E-state index >= 15 is 0 Å². The molecule has 2 aliphatic heterocycles. The van der Waals surface area contributed by atoms with Gasteiger partial charge in [-0.1, -0.05) is 0 Å². The molecule has 2 aromatic heterocycles. The summed E-state index contributed by atoms with van der Waals surface area (Å²) >= 11 is 0. The van der Waals surface area contributed by atoms with E-state index in [1.807, 2.05) is 12.4 Å². The fourth-order valence-electron chi connectivity index (χ4n) is 6.28. The molecule has 2 atom stereocenters. The summed E-state index contributed by atoms with van der Waals surface area (Å²) in [5.41, 5.74) is 6.95. The summed E-state index contributed by atoms with van der Waals surface area (Å²) in [5.74, 6) is 1.98. The highest BCUT2D eigenvalue weighted by Gasteiger charge is 2.37. The van der Waals surface area contributed by atoms with Crippen LogP contribution in [-0.4, -0.2) is 72.3 Å². The van der Waals surface area contributed by atoms with E-state index in [1.54, 1.807) is 14.2 Å². The van der Waals surface area contributed by atoms with Gasteiger partial charge in [0.25, 0.3) is 0 Å². The Morgan fingerprint density at radius 3 is 1.53 bits per heavy atom. The largest absolute Gasteiger partial charge is 0.496 e. The van der Waals surface area contributed by atoms with Crippen molar-refractivity contribution >= 4 is 0 Å². The Kier molecular flexibility index (Phi) is 8.10. The third-order valence-corrected chi connectivity index (χ3v) is 8.04. The Hall–Kier alpha value is -2.18. The summed E-state index contributed by atoms with van der Waals surface area (Å²) in [7, 11) is 3.52. The molecule has 2 aromatic rings. The van der Waals surface area contributed by atoms with Crippen LogP contribution in [0.25, 0.3) is 0 Å². The molecule has 2 aliphatic rings. The second-order valence-corrected chi connectivity index (χ2v) is 10.1. The van der Waals surface area contributed by atoms with Gasteiger partial charge in [0.2, 0.25) is 0 Å². The molecule has 6 heteroatoms. The minimum atomic E-state index is 0.650. The average Bonchev–Trinajstić information content (AvgIpc) is 3.47. The molecule has 0 spiro atoms. The predicted molar refractivity (Wildman–Crippen MR) is 137 cm³/mol. The lowest BCUT2D eigenvalue weighted by atomic mass is 10.0. The Balaban J connectivity index is 1.39. The average molecular weight is 467 g/mol. The monoisotopic (exact) mass is 466 g/mol. The van der Waals surface area contributed by atoms with Crippen LogP contribution in [0.2, 0.25) is 0 Å². The third kappa shape index (κ3) is 5.08. The van der Waals surface area contributed by atoms with Gasteiger partial charge in [-0.05, 0) is 66.5 Å². The van der Waals surface area contributed by atoms with Crippen molar-refractivity contribution in [3.05, 3.63) is 46.0 Å². The third-order valence-electron chi connectivity index (χ3n) is 8.04. The Morgan fingerprint density at radius 2 is 1.15 bits per heavy atom. The molecule has 186 valence electrons. The summed E-state index contributed by atoms with van der Waals surface area (Å²) in [4.78, 5) is 14.9. The van der Waals surface area contributed by atoms with Gasteiger partial charge in [-0.2, -0.15) is 0 Å². The Morgan fingerprint density at radius 1 is 0.735 bits per heavy atom. The summed E-state index contributed by atoms with van der Waals surface area (Å²) in [6, 6.07) is 1.30. The molecule has 4 rings (SSSR count). The SMILES string of the molecule is COc1c(C)cnc(CCN2CCC[C@H]2[C@@H]2CCCN2CCc2ncc(C)c(OC)c2C)c1C. The van der Waals surface area contributed by atoms with E-state index in [9.17, 15) is 0 Å². The van der Waals surface area contributed by atoms with Crippen molar-refractivity contribution in [1.29, 1.82) is 0 Å². The first-order chi connectivity index (χ1) is 16.4. The van der Waals surface area contributed by atoms with Crippen molar-refractivity contribution in [2.75, 3.05) is 40.4 Å². The van der Waals surface area contributed by atoms with Gasteiger partial charge in [0, 0.05) is 84.1 Å². The normalized spacial score (nSPS) is 21.4. The van der Waals surface area contributed by atoms with E-state index in [2.05, 4.69) is 37.5 Å². The molecule has 2 saturated heterocycles. The standard InChI is InChI=1S/C28H42N4O2/c1-19-17-29-23(21(3)27(19)33-5)11-15-31-13-7-9-25(31)26-10-8-14-32(26)16-12-24-22(4)28(34-6)20(2)18-30-24/h17-18,25-26H,7-16H2,1-6H3/t25-,26-/m0/s1. The maximum absolute atomic E-state index is 5.62. The lowest BCUT2D eigenvalue weighted by Crippen LogP contribution is -2.47. The topological polar surface area (TPSA) is 50.7 Å². The number of methoxy groups -OCH3 is 2. The van der Waals surface area contributed by atoms with Crippen LogP contribution >= 0.6 is 0 Å². The van der Waals surface area contributed by atoms with Gasteiger partial charge in [0.15, 0.2) is 0 Å². The molecule has 0 N–H and O–H groups in total. The van der Waals surface area contributed by atoms with Crippen molar-refractivity contribution in [3.63, 3.8) is 0 Å². The van der Waals surface area contributed by atoms with E-state index in [4.69, 9.17) is 19.4 Å². The van der Waals surface area contributed by atoms with Crippen molar-refractivity contribution in [2.24, 2.45) is 0 Å². The molecule has 0 bridgehead atoms. The number of likely N-dealkylation sites (tertiary alicyclic amines) is 2. The fourth-order valence-corrected chi connectivity index (χ4v) is 6.28. The Labute approximate surface area is 205 Å². The second kappa shape index (κ2) is 11.0. The number of hydrogen-bond acceptors (Lipinski definition) is 6. The number of aryl methyl sites for hydroxylation is 2. The molecule has 2 fully saturated rings. The molecule has 0 radical (unpaired) electrons. The molecule has 0 unspecified atom stereocenters. The number of aromatic nitrogens is 2. The van der Waals surface area contributed by atoms with Gasteiger partial charge in [-0.3, -0.25) is 19.8 Å². The van der Waals surface area contributed by atoms with E-state index in [0.29, 0.717) is 12.1 Å². The van der Waals surface area contributed by atoms with Gasteiger partial charge in [-0.25, -0.2) is 0 Å². The Bertz CT molecular complexity index is 913. The van der Waals surface area contributed by atoms with Crippen LogP contribution in [0.5, 0.6) is 11.5 Å². The lowest BCUT2D eigenvalue weighted by molar-refractivity contribution is 0.135. The van der Waals surface area contributed by atoms with Crippen LogP contribution in [0.1, 0.15) is 59.3 Å². The fraction of sp³-hybridized carbons (Fsp3) is 0.643. The molecule has 0 aromatic carbocycles. The van der Waals surface area contributed by atoms with E-state index < -0.39 is 0 Å². The lowest BCUT2D eigenvalue weighted by Gasteiger charge is -2.35. The molecule has 0 saturated carbocycles. The van der Waals surface area contributed by atoms with Gasteiger partial charge in [0.1, 0.15) is 11.5 Å². The molecular formula is C28H42N4O2. The number of pyridine rings is 2. The highest BCUT2D eigenvalue weighted by molar-refractivity contribution is 5.42. The first-order valence-corrected chi connectivity index (χ1v) is 12.9. The smallest absolute Gasteiger partial charge is 0.128 e. The van der Waals surface area contributed by atoms with Gasteiger partial charge >= 0.3 is 0 Å². The molecule has 0 aliphatic carbocycles. The van der Waals surface area contributed by atoms with Gasteiger partial charge in [0.05, 0.1) is 14.2 Å². The second-order valence-electron chi connectivity index (χ2n) is 10.1. The highest BCUT2D eigenvalue weighted by atomic mass is 16.5. The molecule has 4 heterocycles. The minimum absolute atomic E-state index is 0.650. The zero-order valence-corrected chi connectivity index (χ0v) is 22.0. The van der Waals surface area contributed by atoms with Crippen LogP contribution in [0.15, 0.2) is 12.4 Å². The van der Waals surface area contributed by atoms with Crippen molar-refractivity contribution in [2.45, 2.75) is 78.3 Å². The number of ether oxygens (including phenoxy) is 2. The maximum atomic E-state index is 5.62. The van der Waals surface area contributed by atoms with Crippen molar-refractivity contribution in [3.8, 4) is 11.5 Å².